The van der Waals surface area contributed by atoms with Gasteiger partial charge in [0.05, 0.1) is 6.61 Å². The van der Waals surface area contributed by atoms with Crippen LogP contribution in [0.5, 0.6) is 0 Å². The van der Waals surface area contributed by atoms with Crippen LogP contribution in [0.3, 0.4) is 0 Å². The zero-order chi connectivity index (χ0) is 15.1. The lowest BCUT2D eigenvalue weighted by molar-refractivity contribution is 0.0719. The Bertz CT molecular complexity index is 571. The number of H-pyrrole nitrogens is 1. The number of unbranched alkanes of at least 4 members (excludes halogenated alkanes) is 1. The number of rotatable bonds is 7. The summed E-state index contributed by atoms with van der Waals surface area (Å²) in [5.74, 6) is 0.356. The Labute approximate surface area is 123 Å². The van der Waals surface area contributed by atoms with Gasteiger partial charge in [-0.05, 0) is 23.8 Å². The third kappa shape index (κ3) is 3.85. The Morgan fingerprint density at radius 2 is 2.24 bits per heavy atom. The van der Waals surface area contributed by atoms with Gasteiger partial charge in [0.15, 0.2) is 0 Å². The third-order valence-corrected chi connectivity index (χ3v) is 3.15. The molecule has 0 fully saturated rings. The summed E-state index contributed by atoms with van der Waals surface area (Å²) in [7, 11) is 0. The Morgan fingerprint density at radius 3 is 2.90 bits per heavy atom. The quantitative estimate of drug-likeness (QED) is 0.796. The van der Waals surface area contributed by atoms with E-state index in [1.54, 1.807) is 23.1 Å². The summed E-state index contributed by atoms with van der Waals surface area (Å²) in [4.78, 5) is 14.2. The molecule has 7 heteroatoms. The fourth-order valence-corrected chi connectivity index (χ4v) is 2.04. The van der Waals surface area contributed by atoms with Crippen molar-refractivity contribution < 1.29 is 9.90 Å². The zero-order valence-corrected chi connectivity index (χ0v) is 12.0. The first kappa shape index (κ1) is 15.1. The van der Waals surface area contributed by atoms with Crippen LogP contribution in [-0.2, 0) is 0 Å². The molecule has 1 heterocycles. The van der Waals surface area contributed by atoms with Gasteiger partial charge in [0, 0.05) is 24.2 Å². The normalized spacial score (nSPS) is 10.6. The van der Waals surface area contributed by atoms with Gasteiger partial charge in [-0.1, -0.05) is 25.5 Å². The van der Waals surface area contributed by atoms with Crippen molar-refractivity contribution in [1.29, 1.82) is 0 Å². The first-order chi connectivity index (χ1) is 10.3. The standard InChI is InChI=1S/C14H19N5O2/c1-2-3-7-19(8-9-20)14(21)12-6-4-5-11(10-12)13-15-17-18-16-13/h4-6,10,20H,2-3,7-9H2,1H3,(H,15,16,17,18). The van der Waals surface area contributed by atoms with Crippen LogP contribution in [0.2, 0.25) is 0 Å². The van der Waals surface area contributed by atoms with Crippen LogP contribution in [0.1, 0.15) is 30.1 Å². The Hall–Kier alpha value is -2.28. The number of aromatic nitrogens is 4. The smallest absolute Gasteiger partial charge is 0.253 e. The van der Waals surface area contributed by atoms with Crippen LogP contribution < -0.4 is 0 Å². The third-order valence-electron chi connectivity index (χ3n) is 3.15. The molecule has 1 aromatic heterocycles. The van der Waals surface area contributed by atoms with Gasteiger partial charge in [-0.25, -0.2) is 0 Å². The van der Waals surface area contributed by atoms with Crippen molar-refractivity contribution in [1.82, 2.24) is 25.5 Å². The molecular weight excluding hydrogens is 270 g/mol. The number of benzene rings is 1. The van der Waals surface area contributed by atoms with Gasteiger partial charge in [0.25, 0.3) is 5.91 Å². The second-order valence-electron chi connectivity index (χ2n) is 4.69. The van der Waals surface area contributed by atoms with Crippen molar-refractivity contribution in [3.8, 4) is 11.4 Å². The maximum Gasteiger partial charge on any atom is 0.253 e. The van der Waals surface area contributed by atoms with E-state index in [0.29, 0.717) is 24.5 Å². The van der Waals surface area contributed by atoms with Gasteiger partial charge in [0.2, 0.25) is 5.82 Å². The minimum atomic E-state index is -0.0946. The molecule has 0 radical (unpaired) electrons. The molecule has 0 unspecified atom stereocenters. The lowest BCUT2D eigenvalue weighted by atomic mass is 10.1. The molecule has 0 aliphatic rings. The summed E-state index contributed by atoms with van der Waals surface area (Å²) in [6.45, 7) is 3.01. The molecule has 0 aliphatic heterocycles. The van der Waals surface area contributed by atoms with Gasteiger partial charge < -0.3 is 10.0 Å². The minimum Gasteiger partial charge on any atom is -0.395 e. The molecule has 1 amide bonds. The van der Waals surface area contributed by atoms with E-state index in [9.17, 15) is 4.79 Å². The van der Waals surface area contributed by atoms with E-state index in [0.717, 1.165) is 18.4 Å². The van der Waals surface area contributed by atoms with Crippen molar-refractivity contribution in [2.24, 2.45) is 0 Å². The second-order valence-corrected chi connectivity index (χ2v) is 4.69. The lowest BCUT2D eigenvalue weighted by Crippen LogP contribution is -2.34. The Morgan fingerprint density at radius 1 is 1.38 bits per heavy atom. The van der Waals surface area contributed by atoms with Crippen molar-refractivity contribution in [2.75, 3.05) is 19.7 Å². The summed E-state index contributed by atoms with van der Waals surface area (Å²) < 4.78 is 0. The van der Waals surface area contributed by atoms with Gasteiger partial charge >= 0.3 is 0 Å². The number of hydrogen-bond donors (Lipinski definition) is 2. The predicted octanol–water partition coefficient (Wildman–Crippen LogP) is 1.10. The summed E-state index contributed by atoms with van der Waals surface area (Å²) >= 11 is 0. The van der Waals surface area contributed by atoms with Crippen LogP contribution >= 0.6 is 0 Å². The average molecular weight is 289 g/mol. The predicted molar refractivity (Wildman–Crippen MR) is 77.5 cm³/mol. The number of aliphatic hydroxyl groups is 1. The fraction of sp³-hybridized carbons (Fsp3) is 0.429. The van der Waals surface area contributed by atoms with Crippen LogP contribution in [0.15, 0.2) is 24.3 Å². The number of carbonyl (C=O) groups is 1. The summed E-state index contributed by atoms with van der Waals surface area (Å²) in [5, 5.41) is 22.8. The Kier molecular flexibility index (Phi) is 5.39. The number of tetrazole rings is 1. The number of aliphatic hydroxyl groups excluding tert-OH is 1. The van der Waals surface area contributed by atoms with E-state index in [1.165, 1.54) is 0 Å². The van der Waals surface area contributed by atoms with Gasteiger partial charge in [-0.15, -0.1) is 10.2 Å². The van der Waals surface area contributed by atoms with E-state index in [2.05, 4.69) is 27.5 Å². The fourth-order valence-electron chi connectivity index (χ4n) is 2.04. The molecule has 1 aromatic carbocycles. The molecule has 2 N–H and O–H groups in total. The second kappa shape index (κ2) is 7.49. The maximum absolute atomic E-state index is 12.5. The number of amides is 1. The zero-order valence-electron chi connectivity index (χ0n) is 12.0. The van der Waals surface area contributed by atoms with Crippen molar-refractivity contribution in [3.05, 3.63) is 29.8 Å². The highest BCUT2D eigenvalue weighted by Crippen LogP contribution is 2.16. The highest BCUT2D eigenvalue weighted by atomic mass is 16.3. The summed E-state index contributed by atoms with van der Waals surface area (Å²) in [6.07, 6.45) is 1.91. The molecule has 2 aromatic rings. The van der Waals surface area contributed by atoms with Crippen molar-refractivity contribution in [3.63, 3.8) is 0 Å². The van der Waals surface area contributed by atoms with E-state index >= 15 is 0 Å². The number of hydrogen-bond acceptors (Lipinski definition) is 5. The monoisotopic (exact) mass is 289 g/mol. The molecule has 7 nitrogen and oxygen atoms in total. The highest BCUT2D eigenvalue weighted by molar-refractivity contribution is 5.95. The molecule has 0 aliphatic carbocycles. The molecule has 0 saturated heterocycles. The van der Waals surface area contributed by atoms with Gasteiger partial charge in [-0.2, -0.15) is 5.21 Å². The van der Waals surface area contributed by atoms with Gasteiger partial charge in [0.1, 0.15) is 0 Å². The first-order valence-corrected chi connectivity index (χ1v) is 7.00. The SMILES string of the molecule is CCCCN(CCO)C(=O)c1cccc(-c2nn[nH]n2)c1. The van der Waals surface area contributed by atoms with E-state index in [-0.39, 0.29) is 12.5 Å². The molecule has 0 atom stereocenters. The largest absolute Gasteiger partial charge is 0.395 e. The maximum atomic E-state index is 12.5. The van der Waals surface area contributed by atoms with Gasteiger partial charge in [-0.3, -0.25) is 4.79 Å². The van der Waals surface area contributed by atoms with Crippen molar-refractivity contribution >= 4 is 5.91 Å². The van der Waals surface area contributed by atoms with E-state index in [4.69, 9.17) is 5.11 Å². The topological polar surface area (TPSA) is 95.0 Å². The molecule has 0 saturated carbocycles. The van der Waals surface area contributed by atoms with Crippen molar-refractivity contribution in [2.45, 2.75) is 19.8 Å². The lowest BCUT2D eigenvalue weighted by Gasteiger charge is -2.21. The molecule has 21 heavy (non-hydrogen) atoms. The number of nitrogens with zero attached hydrogens (tertiary/aromatic N) is 4. The van der Waals surface area contributed by atoms with Crippen LogP contribution in [0.25, 0.3) is 11.4 Å². The average Bonchev–Trinajstić information content (AvgIpc) is 3.05. The van der Waals surface area contributed by atoms with E-state index < -0.39 is 0 Å². The van der Waals surface area contributed by atoms with Crippen LogP contribution in [-0.4, -0.2) is 56.2 Å². The number of nitrogens with one attached hydrogen (secondary N) is 1. The number of aromatic amines is 1. The first-order valence-electron chi connectivity index (χ1n) is 7.00. The summed E-state index contributed by atoms with van der Waals surface area (Å²) in [6, 6.07) is 7.10. The summed E-state index contributed by atoms with van der Waals surface area (Å²) in [5.41, 5.74) is 1.29. The van der Waals surface area contributed by atoms with Crippen LogP contribution in [0, 0.1) is 0 Å². The minimum absolute atomic E-state index is 0.0417. The van der Waals surface area contributed by atoms with Crippen LogP contribution in [0.4, 0.5) is 0 Å². The Balaban J connectivity index is 2.19. The molecule has 0 bridgehead atoms. The molecule has 0 spiro atoms. The number of carbonyl (C=O) groups excluding carboxylic acids is 1. The molecule has 2 rings (SSSR count). The molecular formula is C14H19N5O2. The molecule has 112 valence electrons. The van der Waals surface area contributed by atoms with E-state index in [1.807, 2.05) is 6.07 Å². The highest BCUT2D eigenvalue weighted by Gasteiger charge is 2.16.